The number of likely N-dealkylation sites (tertiary alicyclic amines) is 1. The van der Waals surface area contributed by atoms with Crippen LogP contribution in [0.4, 0.5) is 0 Å². The number of hydrogen-bond acceptors (Lipinski definition) is 3. The van der Waals surface area contributed by atoms with Gasteiger partial charge >= 0.3 is 0 Å². The number of nitrogens with one attached hydrogen (secondary N) is 1. The van der Waals surface area contributed by atoms with Gasteiger partial charge in [0.2, 0.25) is 0 Å². The average molecular weight is 355 g/mol. The largest absolute Gasteiger partial charge is 0.335 e. The minimum atomic E-state index is -0.0212. The van der Waals surface area contributed by atoms with Crippen molar-refractivity contribution in [2.75, 3.05) is 13.1 Å². The van der Waals surface area contributed by atoms with E-state index < -0.39 is 0 Å². The molecular formula is C16H20Cl2N4O. The van der Waals surface area contributed by atoms with Crippen molar-refractivity contribution in [3.63, 3.8) is 0 Å². The molecule has 1 saturated heterocycles. The number of amides is 1. The van der Waals surface area contributed by atoms with Crippen LogP contribution in [0.5, 0.6) is 0 Å². The van der Waals surface area contributed by atoms with E-state index in [4.69, 9.17) is 17.3 Å². The average Bonchev–Trinajstić information content (AvgIpc) is 3.13. The Morgan fingerprint density at radius 1 is 1.48 bits per heavy atom. The second kappa shape index (κ2) is 7.34. The van der Waals surface area contributed by atoms with Gasteiger partial charge in [-0.1, -0.05) is 29.8 Å². The van der Waals surface area contributed by atoms with Gasteiger partial charge in [0.25, 0.3) is 5.91 Å². The minimum Gasteiger partial charge on any atom is -0.335 e. The fourth-order valence-electron chi connectivity index (χ4n) is 3.07. The maximum atomic E-state index is 12.9. The molecule has 5 nitrogen and oxygen atoms in total. The Labute approximate surface area is 146 Å². The van der Waals surface area contributed by atoms with E-state index in [2.05, 4.69) is 17.1 Å². The van der Waals surface area contributed by atoms with Crippen LogP contribution in [-0.4, -0.2) is 40.1 Å². The third kappa shape index (κ3) is 3.37. The first kappa shape index (κ1) is 17.8. The molecule has 1 aliphatic heterocycles. The summed E-state index contributed by atoms with van der Waals surface area (Å²) in [5.41, 5.74) is 7.75. The molecule has 3 rings (SSSR count). The van der Waals surface area contributed by atoms with Gasteiger partial charge in [-0.15, -0.1) is 12.4 Å². The van der Waals surface area contributed by atoms with Crippen molar-refractivity contribution >= 4 is 29.9 Å². The lowest BCUT2D eigenvalue weighted by molar-refractivity contribution is 0.0744. The quantitative estimate of drug-likeness (QED) is 0.889. The van der Waals surface area contributed by atoms with Crippen molar-refractivity contribution in [3.05, 3.63) is 41.0 Å². The van der Waals surface area contributed by atoms with E-state index in [0.717, 1.165) is 12.0 Å². The van der Waals surface area contributed by atoms with Crippen molar-refractivity contribution in [1.29, 1.82) is 0 Å². The van der Waals surface area contributed by atoms with Crippen LogP contribution in [0, 0.1) is 5.92 Å². The second-order valence-electron chi connectivity index (χ2n) is 5.78. The lowest BCUT2D eigenvalue weighted by Gasteiger charge is -2.21. The molecule has 23 heavy (non-hydrogen) atoms. The third-order valence-electron chi connectivity index (χ3n) is 4.27. The van der Waals surface area contributed by atoms with Crippen molar-refractivity contribution in [1.82, 2.24) is 15.1 Å². The van der Waals surface area contributed by atoms with Gasteiger partial charge in [0, 0.05) is 23.2 Å². The molecule has 2 aromatic rings. The number of H-pyrrole nitrogens is 1. The van der Waals surface area contributed by atoms with Crippen LogP contribution in [0.25, 0.3) is 11.3 Å². The number of hydrogen-bond donors (Lipinski definition) is 2. The smallest absolute Gasteiger partial charge is 0.257 e. The van der Waals surface area contributed by atoms with Gasteiger partial charge in [0.15, 0.2) is 0 Å². The topological polar surface area (TPSA) is 75.0 Å². The first-order chi connectivity index (χ1) is 10.6. The maximum absolute atomic E-state index is 12.9. The van der Waals surface area contributed by atoms with E-state index in [1.54, 1.807) is 12.3 Å². The third-order valence-corrected chi connectivity index (χ3v) is 4.60. The van der Waals surface area contributed by atoms with E-state index in [-0.39, 0.29) is 24.4 Å². The number of aromatic nitrogens is 2. The molecule has 7 heteroatoms. The van der Waals surface area contributed by atoms with Gasteiger partial charge in [-0.25, -0.2) is 0 Å². The number of nitrogens with zero attached hydrogens (tertiary/aromatic N) is 2. The van der Waals surface area contributed by atoms with Crippen LogP contribution in [-0.2, 0) is 0 Å². The fourth-order valence-corrected chi connectivity index (χ4v) is 3.30. The molecule has 2 unspecified atom stereocenters. The molecule has 0 aliphatic carbocycles. The van der Waals surface area contributed by atoms with Crippen LogP contribution in [0.15, 0.2) is 30.5 Å². The summed E-state index contributed by atoms with van der Waals surface area (Å²) in [6.07, 6.45) is 2.52. The summed E-state index contributed by atoms with van der Waals surface area (Å²) < 4.78 is 0. The molecule has 0 saturated carbocycles. The van der Waals surface area contributed by atoms with Crippen LogP contribution >= 0.6 is 24.0 Å². The van der Waals surface area contributed by atoms with E-state index in [9.17, 15) is 4.79 Å². The van der Waals surface area contributed by atoms with Gasteiger partial charge in [-0.05, 0) is 31.9 Å². The molecule has 0 radical (unpaired) electrons. The molecule has 2 heterocycles. The van der Waals surface area contributed by atoms with E-state index in [1.807, 2.05) is 23.1 Å². The highest BCUT2D eigenvalue weighted by atomic mass is 35.5. The Morgan fingerprint density at radius 3 is 2.87 bits per heavy atom. The normalized spacial score (nSPS) is 20.4. The standard InChI is InChI=1S/C16H19ClN4O.ClH/c1-10-6-11(7-18)9-21(10)16(22)13-8-19-20-15(13)12-4-2-3-5-14(12)17;/h2-5,8,10-11H,6-7,9,18H2,1H3,(H,19,20);1H. The van der Waals surface area contributed by atoms with Crippen molar-refractivity contribution in [3.8, 4) is 11.3 Å². The van der Waals surface area contributed by atoms with Gasteiger partial charge in [0.05, 0.1) is 17.5 Å². The second-order valence-corrected chi connectivity index (χ2v) is 6.19. The molecule has 3 N–H and O–H groups in total. The molecule has 0 spiro atoms. The number of benzene rings is 1. The Kier molecular flexibility index (Phi) is 5.68. The van der Waals surface area contributed by atoms with Gasteiger partial charge in [-0.3, -0.25) is 9.89 Å². The molecule has 0 bridgehead atoms. The molecule has 1 fully saturated rings. The zero-order chi connectivity index (χ0) is 15.7. The van der Waals surface area contributed by atoms with Gasteiger partial charge in [-0.2, -0.15) is 5.10 Å². The first-order valence-electron chi connectivity index (χ1n) is 7.41. The molecule has 1 amide bonds. The summed E-state index contributed by atoms with van der Waals surface area (Å²) in [5.74, 6) is 0.349. The number of aromatic amines is 1. The Hall–Kier alpha value is -1.56. The first-order valence-corrected chi connectivity index (χ1v) is 7.79. The minimum absolute atomic E-state index is 0. The molecule has 124 valence electrons. The van der Waals surface area contributed by atoms with Crippen LogP contribution < -0.4 is 5.73 Å². The lowest BCUT2D eigenvalue weighted by atomic mass is 10.1. The predicted molar refractivity (Wildman–Crippen MR) is 93.9 cm³/mol. The van der Waals surface area contributed by atoms with Crippen molar-refractivity contribution in [2.45, 2.75) is 19.4 Å². The highest BCUT2D eigenvalue weighted by Gasteiger charge is 2.33. The van der Waals surface area contributed by atoms with Crippen LogP contribution in [0.3, 0.4) is 0 Å². The zero-order valence-electron chi connectivity index (χ0n) is 12.8. The number of carbonyl (C=O) groups excluding carboxylic acids is 1. The Morgan fingerprint density at radius 2 is 2.22 bits per heavy atom. The molecule has 1 aromatic carbocycles. The monoisotopic (exact) mass is 354 g/mol. The van der Waals surface area contributed by atoms with E-state index in [0.29, 0.717) is 35.3 Å². The predicted octanol–water partition coefficient (Wildman–Crippen LogP) is 2.96. The zero-order valence-corrected chi connectivity index (χ0v) is 14.4. The molecule has 2 atom stereocenters. The summed E-state index contributed by atoms with van der Waals surface area (Å²) in [4.78, 5) is 14.7. The molecule has 1 aromatic heterocycles. The van der Waals surface area contributed by atoms with Crippen molar-refractivity contribution in [2.24, 2.45) is 11.7 Å². The van der Waals surface area contributed by atoms with E-state index in [1.165, 1.54) is 0 Å². The van der Waals surface area contributed by atoms with Crippen LogP contribution in [0.1, 0.15) is 23.7 Å². The van der Waals surface area contributed by atoms with Gasteiger partial charge < -0.3 is 10.6 Å². The fraction of sp³-hybridized carbons (Fsp3) is 0.375. The highest BCUT2D eigenvalue weighted by molar-refractivity contribution is 6.33. The lowest BCUT2D eigenvalue weighted by Crippen LogP contribution is -2.34. The SMILES string of the molecule is CC1CC(CN)CN1C(=O)c1cn[nH]c1-c1ccccc1Cl.Cl. The van der Waals surface area contributed by atoms with Crippen molar-refractivity contribution < 1.29 is 4.79 Å². The van der Waals surface area contributed by atoms with E-state index >= 15 is 0 Å². The number of carbonyl (C=O) groups is 1. The summed E-state index contributed by atoms with van der Waals surface area (Å²) in [5, 5.41) is 7.53. The van der Waals surface area contributed by atoms with Crippen LogP contribution in [0.2, 0.25) is 5.02 Å². The summed E-state index contributed by atoms with van der Waals surface area (Å²) in [7, 11) is 0. The molecular weight excluding hydrogens is 335 g/mol. The Bertz CT molecular complexity index is 688. The number of rotatable bonds is 3. The summed E-state index contributed by atoms with van der Waals surface area (Å²) in [6.45, 7) is 3.36. The summed E-state index contributed by atoms with van der Waals surface area (Å²) in [6, 6.07) is 7.62. The Balaban J connectivity index is 0.00000192. The maximum Gasteiger partial charge on any atom is 0.257 e. The summed E-state index contributed by atoms with van der Waals surface area (Å²) >= 11 is 6.24. The number of nitrogens with two attached hydrogens (primary N) is 1. The number of halogens is 2. The van der Waals surface area contributed by atoms with Gasteiger partial charge in [0.1, 0.15) is 0 Å². The molecule has 1 aliphatic rings. The highest BCUT2D eigenvalue weighted by Crippen LogP contribution is 2.31.